The topological polar surface area (TPSA) is 54.7 Å². The maximum Gasteiger partial charge on any atom is 0.184 e. The highest BCUT2D eigenvalue weighted by molar-refractivity contribution is 5.85. The molecular weight excluding hydrogens is 348 g/mol. The Bertz CT molecular complexity index is 851. The summed E-state index contributed by atoms with van der Waals surface area (Å²) in [7, 11) is 0. The van der Waals surface area contributed by atoms with E-state index in [0.29, 0.717) is 24.8 Å². The second-order valence-electron chi connectivity index (χ2n) is 6.73. The van der Waals surface area contributed by atoms with Crippen LogP contribution in [0.15, 0.2) is 89.1 Å². The molecule has 1 fully saturated rings. The van der Waals surface area contributed by atoms with Crippen LogP contribution in [0.4, 0.5) is 0 Å². The standard InChI is InChI=1S/C24H26N2O2/c1-3-23(22(16-25)15-18(2)20-7-5-4-6-8-20)26-17-19-9-11-21(12-10-19)24-27-13-14-28-24/h3-7,9-12,15-17,20,24-25H,1,8,13-14H2,2H3/b18-15+,23-22+,25-16?,26-17?. The van der Waals surface area contributed by atoms with E-state index in [4.69, 9.17) is 14.9 Å². The van der Waals surface area contributed by atoms with Gasteiger partial charge in [0.05, 0.1) is 18.9 Å². The molecule has 1 aliphatic heterocycles. The molecule has 0 amide bonds. The minimum atomic E-state index is -0.268. The lowest BCUT2D eigenvalue weighted by molar-refractivity contribution is -0.0441. The van der Waals surface area contributed by atoms with Crippen LogP contribution in [0.2, 0.25) is 0 Å². The summed E-state index contributed by atoms with van der Waals surface area (Å²) >= 11 is 0. The van der Waals surface area contributed by atoms with E-state index in [0.717, 1.165) is 23.1 Å². The summed E-state index contributed by atoms with van der Waals surface area (Å²) in [6.07, 6.45) is 16.0. The Morgan fingerprint density at radius 3 is 2.54 bits per heavy atom. The lowest BCUT2D eigenvalue weighted by Gasteiger charge is -2.14. The van der Waals surface area contributed by atoms with E-state index in [9.17, 15) is 0 Å². The lowest BCUT2D eigenvalue weighted by Crippen LogP contribution is -2.00. The highest BCUT2D eigenvalue weighted by atomic mass is 16.7. The van der Waals surface area contributed by atoms with Crippen LogP contribution in [0.25, 0.3) is 0 Å². The van der Waals surface area contributed by atoms with Crippen LogP contribution in [-0.4, -0.2) is 25.6 Å². The molecule has 28 heavy (non-hydrogen) atoms. The lowest BCUT2D eigenvalue weighted by atomic mass is 9.92. The summed E-state index contributed by atoms with van der Waals surface area (Å²) in [6, 6.07) is 7.93. The van der Waals surface area contributed by atoms with Gasteiger partial charge >= 0.3 is 0 Å². The van der Waals surface area contributed by atoms with Crippen LogP contribution in [0.3, 0.4) is 0 Å². The quantitative estimate of drug-likeness (QED) is 0.519. The number of benzene rings is 1. The van der Waals surface area contributed by atoms with Gasteiger partial charge in [-0.3, -0.25) is 4.99 Å². The average molecular weight is 374 g/mol. The van der Waals surface area contributed by atoms with Crippen molar-refractivity contribution in [3.05, 3.63) is 95.3 Å². The smallest absolute Gasteiger partial charge is 0.184 e. The highest BCUT2D eigenvalue weighted by Gasteiger charge is 2.17. The van der Waals surface area contributed by atoms with Gasteiger partial charge in [-0.15, -0.1) is 0 Å². The van der Waals surface area contributed by atoms with Crippen molar-refractivity contribution < 1.29 is 9.47 Å². The Morgan fingerprint density at radius 1 is 1.18 bits per heavy atom. The van der Waals surface area contributed by atoms with Crippen LogP contribution in [0, 0.1) is 11.3 Å². The number of allylic oxidation sites excluding steroid dienone is 8. The zero-order chi connectivity index (χ0) is 19.8. The Balaban J connectivity index is 1.76. The van der Waals surface area contributed by atoms with Crippen molar-refractivity contribution in [3.63, 3.8) is 0 Å². The Morgan fingerprint density at radius 2 is 1.93 bits per heavy atom. The fourth-order valence-electron chi connectivity index (χ4n) is 3.14. The zero-order valence-electron chi connectivity index (χ0n) is 16.2. The molecule has 1 aromatic carbocycles. The Kier molecular flexibility index (Phi) is 7.06. The van der Waals surface area contributed by atoms with E-state index in [1.165, 1.54) is 11.8 Å². The molecule has 4 heteroatoms. The maximum absolute atomic E-state index is 7.80. The molecule has 0 bridgehead atoms. The van der Waals surface area contributed by atoms with Crippen molar-refractivity contribution in [2.45, 2.75) is 19.6 Å². The molecule has 0 radical (unpaired) electrons. The molecule has 4 nitrogen and oxygen atoms in total. The molecule has 0 spiro atoms. The van der Waals surface area contributed by atoms with Crippen molar-refractivity contribution in [2.24, 2.45) is 10.9 Å². The second kappa shape index (κ2) is 9.93. The molecule has 0 saturated carbocycles. The van der Waals surface area contributed by atoms with Gasteiger partial charge in [0.15, 0.2) is 6.29 Å². The largest absolute Gasteiger partial charge is 0.346 e. The highest BCUT2D eigenvalue weighted by Crippen LogP contribution is 2.24. The van der Waals surface area contributed by atoms with Gasteiger partial charge in [-0.05, 0) is 25.0 Å². The summed E-state index contributed by atoms with van der Waals surface area (Å²) in [6.45, 7) is 7.22. The Hall–Kier alpha value is -2.82. The van der Waals surface area contributed by atoms with Crippen molar-refractivity contribution in [1.29, 1.82) is 5.41 Å². The number of nitrogens with one attached hydrogen (secondary N) is 1. The minimum Gasteiger partial charge on any atom is -0.346 e. The molecule has 2 aliphatic rings. The molecule has 0 aromatic heterocycles. The van der Waals surface area contributed by atoms with Crippen molar-refractivity contribution >= 4 is 12.4 Å². The zero-order valence-corrected chi connectivity index (χ0v) is 16.2. The van der Waals surface area contributed by atoms with Gasteiger partial charge in [-0.2, -0.15) is 0 Å². The molecule has 144 valence electrons. The molecule has 1 saturated heterocycles. The first kappa shape index (κ1) is 19.9. The van der Waals surface area contributed by atoms with Gasteiger partial charge in [0.2, 0.25) is 0 Å². The van der Waals surface area contributed by atoms with Crippen LogP contribution < -0.4 is 0 Å². The molecular formula is C24H26N2O2. The number of nitrogens with zero attached hydrogens (tertiary/aromatic N) is 1. The molecule has 1 N–H and O–H groups in total. The van der Waals surface area contributed by atoms with Crippen molar-refractivity contribution in [2.75, 3.05) is 13.2 Å². The first-order valence-corrected chi connectivity index (χ1v) is 9.47. The van der Waals surface area contributed by atoms with E-state index < -0.39 is 0 Å². The second-order valence-corrected chi connectivity index (χ2v) is 6.73. The minimum absolute atomic E-state index is 0.268. The van der Waals surface area contributed by atoms with Gasteiger partial charge in [0.25, 0.3) is 0 Å². The maximum atomic E-state index is 7.80. The molecule has 1 unspecified atom stereocenters. The average Bonchev–Trinajstić information content (AvgIpc) is 3.29. The van der Waals surface area contributed by atoms with Gasteiger partial charge in [-0.25, -0.2) is 0 Å². The van der Waals surface area contributed by atoms with Crippen molar-refractivity contribution in [1.82, 2.24) is 0 Å². The fourth-order valence-corrected chi connectivity index (χ4v) is 3.14. The third kappa shape index (κ3) is 5.12. The number of rotatable bonds is 7. The van der Waals surface area contributed by atoms with Crippen LogP contribution >= 0.6 is 0 Å². The Labute approximate surface area is 166 Å². The molecule has 1 atom stereocenters. The molecule has 1 aromatic rings. The van der Waals surface area contributed by atoms with Gasteiger partial charge in [0, 0.05) is 29.5 Å². The number of aliphatic imine (C=N–C) groups is 1. The summed E-state index contributed by atoms with van der Waals surface area (Å²) in [5, 5.41) is 7.80. The SMILES string of the molecule is C=C/C(N=Cc1ccc(C2OCCO2)cc1)=C(C=N)/C=C(\C)C1C=CC=CC1. The third-order valence-electron chi connectivity index (χ3n) is 4.78. The van der Waals surface area contributed by atoms with Gasteiger partial charge in [0.1, 0.15) is 0 Å². The normalized spacial score (nSPS) is 21.2. The molecule has 1 aliphatic carbocycles. The van der Waals surface area contributed by atoms with Crippen LogP contribution in [0.1, 0.15) is 30.8 Å². The summed E-state index contributed by atoms with van der Waals surface area (Å²) in [5.74, 6) is 0.363. The van der Waals surface area contributed by atoms with Gasteiger partial charge in [-0.1, -0.05) is 66.8 Å². The van der Waals surface area contributed by atoms with E-state index in [1.54, 1.807) is 12.3 Å². The summed E-state index contributed by atoms with van der Waals surface area (Å²) in [5.41, 5.74) is 4.59. The molecule has 1 heterocycles. The molecule has 3 rings (SSSR count). The van der Waals surface area contributed by atoms with E-state index in [1.807, 2.05) is 30.3 Å². The van der Waals surface area contributed by atoms with Crippen molar-refractivity contribution in [3.8, 4) is 0 Å². The summed E-state index contributed by atoms with van der Waals surface area (Å²) < 4.78 is 11.0. The third-order valence-corrected chi connectivity index (χ3v) is 4.78. The number of hydrogen-bond donors (Lipinski definition) is 1. The van der Waals surface area contributed by atoms with E-state index in [-0.39, 0.29) is 6.29 Å². The van der Waals surface area contributed by atoms with Crippen LogP contribution in [0.5, 0.6) is 0 Å². The first-order chi connectivity index (χ1) is 13.7. The first-order valence-electron chi connectivity index (χ1n) is 9.47. The number of hydrogen-bond acceptors (Lipinski definition) is 4. The van der Waals surface area contributed by atoms with Gasteiger partial charge < -0.3 is 14.9 Å². The predicted octanol–water partition coefficient (Wildman–Crippen LogP) is 5.32. The fraction of sp³-hybridized carbons (Fsp3) is 0.250. The predicted molar refractivity (Wildman–Crippen MR) is 115 cm³/mol. The monoisotopic (exact) mass is 374 g/mol. The number of ether oxygens (including phenoxy) is 2. The summed E-state index contributed by atoms with van der Waals surface area (Å²) in [4.78, 5) is 4.56. The van der Waals surface area contributed by atoms with E-state index in [2.05, 4.69) is 42.8 Å². The van der Waals surface area contributed by atoms with Crippen LogP contribution in [-0.2, 0) is 9.47 Å². The van der Waals surface area contributed by atoms with E-state index >= 15 is 0 Å².